The molecule has 2 saturated heterocycles. The van der Waals surface area contributed by atoms with E-state index in [1.165, 1.54) is 0 Å². The van der Waals surface area contributed by atoms with Crippen LogP contribution < -0.4 is 10.6 Å². The van der Waals surface area contributed by atoms with Crippen LogP contribution in [0.4, 0.5) is 0 Å². The maximum absolute atomic E-state index is 12.3. The van der Waals surface area contributed by atoms with Crippen molar-refractivity contribution in [3.8, 4) is 0 Å². The van der Waals surface area contributed by atoms with Crippen LogP contribution in [0.5, 0.6) is 0 Å². The topological polar surface area (TPSA) is 61.4 Å². The van der Waals surface area contributed by atoms with Crippen molar-refractivity contribution in [2.75, 3.05) is 13.6 Å². The molecule has 2 amide bonds. The highest BCUT2D eigenvalue weighted by Crippen LogP contribution is 2.32. The van der Waals surface area contributed by atoms with Crippen LogP contribution in [0, 0.1) is 0 Å². The number of amides is 2. The molecule has 0 radical (unpaired) electrons. The first kappa shape index (κ1) is 15.3. The fourth-order valence-corrected chi connectivity index (χ4v) is 3.43. The van der Waals surface area contributed by atoms with Gasteiger partial charge in [0.15, 0.2) is 0 Å². The summed E-state index contributed by atoms with van der Waals surface area (Å²) in [6.45, 7) is 0.877. The van der Waals surface area contributed by atoms with Gasteiger partial charge in [0, 0.05) is 18.5 Å². The molecule has 2 heterocycles. The van der Waals surface area contributed by atoms with Crippen molar-refractivity contribution in [3.05, 3.63) is 34.9 Å². The zero-order chi connectivity index (χ0) is 15.7. The second-order valence-corrected chi connectivity index (χ2v) is 6.41. The van der Waals surface area contributed by atoms with Crippen LogP contribution in [0.15, 0.2) is 24.3 Å². The molecule has 2 N–H and O–H groups in total. The van der Waals surface area contributed by atoms with Gasteiger partial charge in [0.1, 0.15) is 0 Å². The van der Waals surface area contributed by atoms with Crippen LogP contribution in [-0.2, 0) is 9.59 Å². The minimum Gasteiger partial charge on any atom is -0.349 e. The van der Waals surface area contributed by atoms with Crippen molar-refractivity contribution in [1.82, 2.24) is 15.5 Å². The molecule has 3 rings (SSSR count). The number of likely N-dealkylation sites (N-methyl/N-ethyl adjacent to an activating group) is 1. The minimum atomic E-state index is -0.200. The monoisotopic (exact) mass is 321 g/mol. The Morgan fingerprint density at radius 1 is 1.36 bits per heavy atom. The number of carbonyl (C=O) groups excluding carboxylic acids is 2. The standard InChI is InChI=1S/C16H20ClN3O2/c1-20-14(21)9-13(19-16(22)12-3-2-8-18-12)15(20)10-4-6-11(17)7-5-10/h4-7,12-13,15,18H,2-3,8-9H2,1H3,(H,19,22)/t12-,13-,15+/m0/s1. The summed E-state index contributed by atoms with van der Waals surface area (Å²) in [5.74, 6) is 0.0363. The van der Waals surface area contributed by atoms with Crippen LogP contribution in [0.3, 0.4) is 0 Å². The van der Waals surface area contributed by atoms with Gasteiger partial charge >= 0.3 is 0 Å². The van der Waals surface area contributed by atoms with Crippen molar-refractivity contribution in [1.29, 1.82) is 0 Å². The average molecular weight is 322 g/mol. The first-order chi connectivity index (χ1) is 10.6. The van der Waals surface area contributed by atoms with E-state index in [0.717, 1.165) is 24.9 Å². The average Bonchev–Trinajstić information content (AvgIpc) is 3.11. The Labute approximate surface area is 135 Å². The van der Waals surface area contributed by atoms with E-state index in [1.807, 2.05) is 24.3 Å². The molecule has 0 aliphatic carbocycles. The lowest BCUT2D eigenvalue weighted by Gasteiger charge is -2.27. The van der Waals surface area contributed by atoms with Gasteiger partial charge in [-0.3, -0.25) is 9.59 Å². The summed E-state index contributed by atoms with van der Waals surface area (Å²) >= 11 is 5.93. The number of hydrogen-bond donors (Lipinski definition) is 2. The second kappa shape index (κ2) is 6.26. The molecule has 3 atom stereocenters. The van der Waals surface area contributed by atoms with E-state index in [4.69, 9.17) is 11.6 Å². The first-order valence-corrected chi connectivity index (χ1v) is 7.99. The van der Waals surface area contributed by atoms with Crippen molar-refractivity contribution < 1.29 is 9.59 Å². The summed E-state index contributed by atoms with van der Waals surface area (Å²) in [6.07, 6.45) is 2.21. The molecule has 6 heteroatoms. The fraction of sp³-hybridized carbons (Fsp3) is 0.500. The van der Waals surface area contributed by atoms with Crippen LogP contribution in [0.1, 0.15) is 30.9 Å². The maximum atomic E-state index is 12.3. The van der Waals surface area contributed by atoms with Crippen LogP contribution in [0.2, 0.25) is 5.02 Å². The molecule has 2 aliphatic heterocycles. The normalized spacial score (nSPS) is 28.2. The van der Waals surface area contributed by atoms with Gasteiger partial charge in [0.2, 0.25) is 11.8 Å². The zero-order valence-corrected chi connectivity index (χ0v) is 13.3. The van der Waals surface area contributed by atoms with E-state index in [2.05, 4.69) is 10.6 Å². The number of halogens is 1. The number of hydrogen-bond acceptors (Lipinski definition) is 3. The summed E-state index contributed by atoms with van der Waals surface area (Å²) in [7, 11) is 1.78. The molecule has 22 heavy (non-hydrogen) atoms. The van der Waals surface area contributed by atoms with E-state index in [0.29, 0.717) is 11.4 Å². The van der Waals surface area contributed by atoms with E-state index >= 15 is 0 Å². The zero-order valence-electron chi connectivity index (χ0n) is 12.5. The lowest BCUT2D eigenvalue weighted by molar-refractivity contribution is -0.127. The largest absolute Gasteiger partial charge is 0.349 e. The highest BCUT2D eigenvalue weighted by Gasteiger charge is 2.40. The van der Waals surface area contributed by atoms with Gasteiger partial charge in [-0.1, -0.05) is 23.7 Å². The smallest absolute Gasteiger partial charge is 0.237 e. The van der Waals surface area contributed by atoms with E-state index in [9.17, 15) is 9.59 Å². The number of likely N-dealkylation sites (tertiary alicyclic amines) is 1. The van der Waals surface area contributed by atoms with Crippen LogP contribution in [0.25, 0.3) is 0 Å². The summed E-state index contributed by atoms with van der Waals surface area (Å²) in [6, 6.07) is 6.97. The molecule has 5 nitrogen and oxygen atoms in total. The van der Waals surface area contributed by atoms with Gasteiger partial charge < -0.3 is 15.5 Å². The molecule has 0 bridgehead atoms. The van der Waals surface area contributed by atoms with Crippen molar-refractivity contribution >= 4 is 23.4 Å². The number of rotatable bonds is 3. The highest BCUT2D eigenvalue weighted by molar-refractivity contribution is 6.30. The van der Waals surface area contributed by atoms with Crippen molar-refractivity contribution in [2.45, 2.75) is 37.4 Å². The van der Waals surface area contributed by atoms with Crippen molar-refractivity contribution in [2.24, 2.45) is 0 Å². The Hall–Kier alpha value is -1.59. The van der Waals surface area contributed by atoms with Crippen molar-refractivity contribution in [3.63, 3.8) is 0 Å². The number of nitrogens with one attached hydrogen (secondary N) is 2. The Kier molecular flexibility index (Phi) is 4.36. The first-order valence-electron chi connectivity index (χ1n) is 7.61. The lowest BCUT2D eigenvalue weighted by atomic mass is 9.99. The SMILES string of the molecule is CN1C(=O)C[C@H](NC(=O)[C@@H]2CCCN2)[C@H]1c1ccc(Cl)cc1. The number of carbonyl (C=O) groups is 2. The quantitative estimate of drug-likeness (QED) is 0.886. The van der Waals surface area contributed by atoms with Gasteiger partial charge in [0.25, 0.3) is 0 Å². The van der Waals surface area contributed by atoms with Gasteiger partial charge in [-0.15, -0.1) is 0 Å². The fourth-order valence-electron chi connectivity index (χ4n) is 3.31. The van der Waals surface area contributed by atoms with Gasteiger partial charge in [-0.2, -0.15) is 0 Å². The minimum absolute atomic E-state index is 0.00966. The maximum Gasteiger partial charge on any atom is 0.237 e. The predicted octanol–water partition coefficient (Wildman–Crippen LogP) is 1.48. The van der Waals surface area contributed by atoms with Gasteiger partial charge in [-0.05, 0) is 37.1 Å². The summed E-state index contributed by atoms with van der Waals surface area (Å²) in [5, 5.41) is 6.89. The second-order valence-electron chi connectivity index (χ2n) is 5.97. The third-order valence-electron chi connectivity index (χ3n) is 4.50. The summed E-state index contributed by atoms with van der Waals surface area (Å²) in [4.78, 5) is 26.1. The number of benzene rings is 1. The third kappa shape index (κ3) is 2.96. The molecule has 2 fully saturated rings. The van der Waals surface area contributed by atoms with Gasteiger partial charge in [0.05, 0.1) is 18.1 Å². The molecule has 0 spiro atoms. The molecule has 0 aromatic heterocycles. The molecular weight excluding hydrogens is 302 g/mol. The lowest BCUT2D eigenvalue weighted by Crippen LogP contribution is -2.46. The molecule has 0 unspecified atom stereocenters. The molecule has 1 aromatic rings. The molecule has 118 valence electrons. The van der Waals surface area contributed by atoms with E-state index < -0.39 is 0 Å². The number of nitrogens with zero attached hydrogens (tertiary/aromatic N) is 1. The Morgan fingerprint density at radius 2 is 2.09 bits per heavy atom. The molecule has 2 aliphatic rings. The highest BCUT2D eigenvalue weighted by atomic mass is 35.5. The van der Waals surface area contributed by atoms with E-state index in [1.54, 1.807) is 11.9 Å². The molecule has 1 aromatic carbocycles. The van der Waals surface area contributed by atoms with Gasteiger partial charge in [-0.25, -0.2) is 0 Å². The Bertz CT molecular complexity index is 569. The Morgan fingerprint density at radius 3 is 2.73 bits per heavy atom. The Balaban J connectivity index is 1.77. The van der Waals surface area contributed by atoms with Crippen LogP contribution >= 0.6 is 11.6 Å². The predicted molar refractivity (Wildman–Crippen MR) is 84.5 cm³/mol. The molecule has 0 saturated carbocycles. The summed E-state index contributed by atoms with van der Waals surface area (Å²) in [5.41, 5.74) is 0.988. The van der Waals surface area contributed by atoms with E-state index in [-0.39, 0.29) is 29.9 Å². The van der Waals surface area contributed by atoms with Crippen LogP contribution in [-0.4, -0.2) is 42.4 Å². The molecular formula is C16H20ClN3O2. The summed E-state index contributed by atoms with van der Waals surface area (Å²) < 4.78 is 0. The third-order valence-corrected chi connectivity index (χ3v) is 4.75.